The second-order valence-corrected chi connectivity index (χ2v) is 9.35. The maximum Gasteiger partial charge on any atom is 0.308 e. The SMILES string of the molecule is CN1CCC(N(C)C(=O)CCc2oc(-n3cnc4ccccc43)nc2-c2ccc(Cl)cc2)CC1. The number of likely N-dealkylation sites (tertiary alicyclic amines) is 1. The van der Waals surface area contributed by atoms with Gasteiger partial charge in [-0.15, -0.1) is 0 Å². The molecule has 1 fully saturated rings. The number of amides is 1. The van der Waals surface area contributed by atoms with Gasteiger partial charge in [-0.3, -0.25) is 9.36 Å². The third kappa shape index (κ3) is 4.58. The number of para-hydroxylation sites is 2. The van der Waals surface area contributed by atoms with Gasteiger partial charge in [-0.2, -0.15) is 4.98 Å². The number of hydrogen-bond acceptors (Lipinski definition) is 5. The molecule has 0 bridgehead atoms. The monoisotopic (exact) mass is 477 g/mol. The lowest BCUT2D eigenvalue weighted by Gasteiger charge is -2.35. The molecule has 2 aromatic carbocycles. The highest BCUT2D eigenvalue weighted by Crippen LogP contribution is 2.29. The number of carbonyl (C=O) groups excluding carboxylic acids is 1. The molecule has 5 rings (SSSR count). The van der Waals surface area contributed by atoms with Crippen LogP contribution in [0.3, 0.4) is 0 Å². The zero-order chi connectivity index (χ0) is 23.7. The van der Waals surface area contributed by atoms with Gasteiger partial charge in [0, 0.05) is 36.5 Å². The van der Waals surface area contributed by atoms with Crippen molar-refractivity contribution in [2.45, 2.75) is 31.7 Å². The fourth-order valence-electron chi connectivity index (χ4n) is 4.54. The van der Waals surface area contributed by atoms with Crippen molar-refractivity contribution >= 4 is 28.5 Å². The Kier molecular flexibility index (Phi) is 6.39. The first-order chi connectivity index (χ1) is 16.5. The molecule has 0 unspecified atom stereocenters. The largest absolute Gasteiger partial charge is 0.427 e. The van der Waals surface area contributed by atoms with Gasteiger partial charge in [0.2, 0.25) is 5.91 Å². The number of oxazole rings is 1. The molecule has 1 saturated heterocycles. The Balaban J connectivity index is 1.41. The molecular weight excluding hydrogens is 450 g/mol. The number of aromatic nitrogens is 3. The number of piperidine rings is 1. The summed E-state index contributed by atoms with van der Waals surface area (Å²) in [6, 6.07) is 16.1. The number of benzene rings is 2. The van der Waals surface area contributed by atoms with Crippen molar-refractivity contribution in [1.29, 1.82) is 0 Å². The van der Waals surface area contributed by atoms with Gasteiger partial charge in [-0.05, 0) is 57.2 Å². The zero-order valence-electron chi connectivity index (χ0n) is 19.4. The first kappa shape index (κ1) is 22.6. The predicted molar refractivity (Wildman–Crippen MR) is 133 cm³/mol. The number of nitrogens with zero attached hydrogens (tertiary/aromatic N) is 5. The number of aryl methyl sites for hydroxylation is 1. The first-order valence-electron chi connectivity index (χ1n) is 11.6. The maximum absolute atomic E-state index is 13.0. The molecule has 176 valence electrons. The van der Waals surface area contributed by atoms with E-state index in [-0.39, 0.29) is 5.91 Å². The lowest BCUT2D eigenvalue weighted by Crippen LogP contribution is -2.44. The van der Waals surface area contributed by atoms with E-state index in [0.29, 0.717) is 35.7 Å². The summed E-state index contributed by atoms with van der Waals surface area (Å²) in [6.07, 6.45) is 4.56. The molecule has 0 radical (unpaired) electrons. The molecular formula is C26H28ClN5O2. The highest BCUT2D eigenvalue weighted by atomic mass is 35.5. The molecule has 0 N–H and O–H groups in total. The first-order valence-corrected chi connectivity index (χ1v) is 12.0. The van der Waals surface area contributed by atoms with E-state index in [4.69, 9.17) is 21.0 Å². The van der Waals surface area contributed by atoms with Crippen LogP contribution >= 0.6 is 11.6 Å². The van der Waals surface area contributed by atoms with E-state index in [0.717, 1.165) is 48.2 Å². The fourth-order valence-corrected chi connectivity index (χ4v) is 4.67. The summed E-state index contributed by atoms with van der Waals surface area (Å²) >= 11 is 6.10. The predicted octanol–water partition coefficient (Wildman–Crippen LogP) is 4.82. The number of imidazole rings is 1. The van der Waals surface area contributed by atoms with Crippen LogP contribution in [0.15, 0.2) is 59.3 Å². The van der Waals surface area contributed by atoms with E-state index in [9.17, 15) is 4.79 Å². The second kappa shape index (κ2) is 9.60. The minimum atomic E-state index is 0.127. The summed E-state index contributed by atoms with van der Waals surface area (Å²) in [6.45, 7) is 2.04. The molecule has 34 heavy (non-hydrogen) atoms. The smallest absolute Gasteiger partial charge is 0.308 e. The Hall–Kier alpha value is -3.16. The van der Waals surface area contributed by atoms with Gasteiger partial charge >= 0.3 is 6.01 Å². The molecule has 1 amide bonds. The minimum absolute atomic E-state index is 0.127. The standard InChI is InChI=1S/C26H28ClN5O2/c1-30-15-13-20(14-16-30)31(2)24(33)12-11-23-25(18-7-9-19(27)10-8-18)29-26(34-23)32-17-28-21-5-3-4-6-22(21)32/h3-10,17,20H,11-16H2,1-2H3. The maximum atomic E-state index is 13.0. The zero-order valence-corrected chi connectivity index (χ0v) is 20.2. The van der Waals surface area contributed by atoms with Crippen molar-refractivity contribution in [3.8, 4) is 17.3 Å². The normalized spacial score (nSPS) is 15.1. The average molecular weight is 478 g/mol. The van der Waals surface area contributed by atoms with Crippen molar-refractivity contribution in [2.75, 3.05) is 27.2 Å². The molecule has 7 nitrogen and oxygen atoms in total. The van der Waals surface area contributed by atoms with Gasteiger partial charge in [-0.25, -0.2) is 4.98 Å². The number of rotatable bonds is 6. The van der Waals surface area contributed by atoms with Gasteiger partial charge in [0.05, 0.1) is 11.0 Å². The van der Waals surface area contributed by atoms with Gasteiger partial charge in [0.25, 0.3) is 0 Å². The number of halogens is 1. The van der Waals surface area contributed by atoms with Crippen LogP contribution in [0.25, 0.3) is 28.3 Å². The Morgan fingerprint density at radius 2 is 1.88 bits per heavy atom. The number of carbonyl (C=O) groups is 1. The Bertz CT molecular complexity index is 1290. The van der Waals surface area contributed by atoms with E-state index in [1.165, 1.54) is 0 Å². The van der Waals surface area contributed by atoms with E-state index in [1.807, 2.05) is 65.0 Å². The Morgan fingerprint density at radius 1 is 1.15 bits per heavy atom. The summed E-state index contributed by atoms with van der Waals surface area (Å²) in [4.78, 5) is 26.5. The van der Waals surface area contributed by atoms with Crippen molar-refractivity contribution < 1.29 is 9.21 Å². The van der Waals surface area contributed by atoms with Crippen LogP contribution < -0.4 is 0 Å². The van der Waals surface area contributed by atoms with Crippen molar-refractivity contribution in [3.05, 3.63) is 65.6 Å². The van der Waals surface area contributed by atoms with Crippen molar-refractivity contribution in [3.63, 3.8) is 0 Å². The molecule has 0 spiro atoms. The summed E-state index contributed by atoms with van der Waals surface area (Å²) in [7, 11) is 4.04. The van der Waals surface area contributed by atoms with E-state index < -0.39 is 0 Å². The van der Waals surface area contributed by atoms with Crippen LogP contribution in [0.4, 0.5) is 0 Å². The quantitative estimate of drug-likeness (QED) is 0.398. The highest BCUT2D eigenvalue weighted by molar-refractivity contribution is 6.30. The summed E-state index contributed by atoms with van der Waals surface area (Å²) in [5, 5.41) is 0.657. The Labute approximate surface area is 204 Å². The van der Waals surface area contributed by atoms with E-state index >= 15 is 0 Å². The van der Waals surface area contributed by atoms with E-state index in [2.05, 4.69) is 16.9 Å². The molecule has 0 atom stereocenters. The van der Waals surface area contributed by atoms with E-state index in [1.54, 1.807) is 6.33 Å². The van der Waals surface area contributed by atoms with Gasteiger partial charge in [0.15, 0.2) is 0 Å². The summed E-state index contributed by atoms with van der Waals surface area (Å²) < 4.78 is 8.08. The molecule has 3 heterocycles. The molecule has 2 aromatic heterocycles. The molecule has 4 aromatic rings. The van der Waals surface area contributed by atoms with Crippen LogP contribution in [0.1, 0.15) is 25.0 Å². The molecule has 0 saturated carbocycles. The van der Waals surface area contributed by atoms with Crippen LogP contribution in [-0.2, 0) is 11.2 Å². The van der Waals surface area contributed by atoms with Gasteiger partial charge in [-0.1, -0.05) is 35.9 Å². The van der Waals surface area contributed by atoms with Crippen molar-refractivity contribution in [2.24, 2.45) is 0 Å². The Morgan fingerprint density at radius 3 is 2.65 bits per heavy atom. The van der Waals surface area contributed by atoms with Gasteiger partial charge < -0.3 is 14.2 Å². The molecule has 8 heteroatoms. The molecule has 0 aliphatic carbocycles. The summed E-state index contributed by atoms with van der Waals surface area (Å²) in [5.74, 6) is 0.808. The topological polar surface area (TPSA) is 67.4 Å². The summed E-state index contributed by atoms with van der Waals surface area (Å²) in [5.41, 5.74) is 3.40. The van der Waals surface area contributed by atoms with Crippen molar-refractivity contribution in [1.82, 2.24) is 24.3 Å². The third-order valence-electron chi connectivity index (χ3n) is 6.66. The van der Waals surface area contributed by atoms with Crippen LogP contribution in [0, 0.1) is 0 Å². The lowest BCUT2D eigenvalue weighted by atomic mass is 10.0. The van der Waals surface area contributed by atoms with Crippen LogP contribution in [0.5, 0.6) is 0 Å². The molecule has 1 aliphatic heterocycles. The number of hydrogen-bond donors (Lipinski definition) is 0. The molecule has 1 aliphatic rings. The van der Waals surface area contributed by atoms with Crippen LogP contribution in [0.2, 0.25) is 5.02 Å². The van der Waals surface area contributed by atoms with Crippen LogP contribution in [-0.4, -0.2) is 63.5 Å². The number of fused-ring (bicyclic) bond motifs is 1. The third-order valence-corrected chi connectivity index (χ3v) is 6.91. The van der Waals surface area contributed by atoms with Gasteiger partial charge in [0.1, 0.15) is 17.8 Å². The fraction of sp³-hybridized carbons (Fsp3) is 0.346. The lowest BCUT2D eigenvalue weighted by molar-refractivity contribution is -0.132. The highest BCUT2D eigenvalue weighted by Gasteiger charge is 2.25. The second-order valence-electron chi connectivity index (χ2n) is 8.92. The average Bonchev–Trinajstić information content (AvgIpc) is 3.47. The minimum Gasteiger partial charge on any atom is -0.427 e.